The number of benzene rings is 6. The van der Waals surface area contributed by atoms with Crippen molar-refractivity contribution >= 4 is 106 Å². The molecule has 2 aliphatic heterocycles. The molecule has 0 fully saturated rings. The Hall–Kier alpha value is -5.56. The van der Waals surface area contributed by atoms with Crippen LogP contribution in [0.3, 0.4) is 0 Å². The number of anilines is 9. The maximum absolute atomic E-state index is 2.60. The Morgan fingerprint density at radius 2 is 1.11 bits per heavy atom. The van der Waals surface area contributed by atoms with E-state index in [0.29, 0.717) is 0 Å². The van der Waals surface area contributed by atoms with E-state index in [4.69, 9.17) is 0 Å². The summed E-state index contributed by atoms with van der Waals surface area (Å²) in [6.07, 6.45) is 0. The zero-order chi connectivity index (χ0) is 38.3. The summed E-state index contributed by atoms with van der Waals surface area (Å²) >= 11 is 3.77. The van der Waals surface area contributed by atoms with E-state index in [1.54, 1.807) is 0 Å². The van der Waals surface area contributed by atoms with Crippen molar-refractivity contribution in [3.8, 4) is 0 Å². The van der Waals surface area contributed by atoms with Gasteiger partial charge in [0.15, 0.2) is 0 Å². The summed E-state index contributed by atoms with van der Waals surface area (Å²) in [7, 11) is 0. The summed E-state index contributed by atoms with van der Waals surface area (Å²) in [5.74, 6) is 0. The van der Waals surface area contributed by atoms with E-state index in [1.807, 2.05) is 22.7 Å². The van der Waals surface area contributed by atoms with Gasteiger partial charge in [-0.05, 0) is 116 Å². The van der Waals surface area contributed by atoms with Crippen molar-refractivity contribution in [2.75, 3.05) is 14.7 Å². The molecule has 0 saturated carbocycles. The average molecular weight is 762 g/mol. The monoisotopic (exact) mass is 761 g/mol. The van der Waals surface area contributed by atoms with Crippen molar-refractivity contribution in [2.45, 2.75) is 52.4 Å². The minimum atomic E-state index is -0.0724. The number of rotatable bonds is 5. The maximum atomic E-state index is 2.60. The predicted molar refractivity (Wildman–Crippen MR) is 246 cm³/mol. The van der Waals surface area contributed by atoms with Crippen LogP contribution in [0.1, 0.15) is 52.7 Å². The van der Waals surface area contributed by atoms with Crippen LogP contribution in [0, 0.1) is 0 Å². The lowest BCUT2D eigenvalue weighted by Gasteiger charge is -2.45. The summed E-state index contributed by atoms with van der Waals surface area (Å²) in [6.45, 7) is 14.0. The normalized spacial score (nSPS) is 13.4. The fraction of sp³-hybridized carbons (Fsp3) is 0.160. The Morgan fingerprint density at radius 1 is 0.536 bits per heavy atom. The second-order valence-corrected chi connectivity index (χ2v) is 18.9. The second-order valence-electron chi connectivity index (χ2n) is 17.1. The largest absolute Gasteiger partial charge is 0.310 e. The standard InChI is InChI=1S/C50H44BN3S2/c1-49(2,3)34-23-25-38(26-24-34)53-42-30-39(52(35-16-10-7-11-17-35)36-18-12-8-13-19-36)31-43-44(42)51(48-45(53)40(32-56-48)50(4,5)6)41-27-22-33-28-29-55-47(33)46(41)54(43)37-20-14-9-15-21-37/h7-32H,1-6H3. The van der Waals surface area contributed by atoms with Crippen LogP contribution < -0.4 is 30.4 Å². The smallest absolute Gasteiger partial charge is 0.264 e. The molecule has 0 saturated heterocycles. The summed E-state index contributed by atoms with van der Waals surface area (Å²) in [5, 5.41) is 5.97. The van der Waals surface area contributed by atoms with Crippen LogP contribution in [0.2, 0.25) is 0 Å². The Bertz CT molecular complexity index is 2680. The Kier molecular flexibility index (Phi) is 8.11. The van der Waals surface area contributed by atoms with Crippen molar-refractivity contribution in [2.24, 2.45) is 0 Å². The van der Waals surface area contributed by atoms with Gasteiger partial charge in [-0.25, -0.2) is 0 Å². The van der Waals surface area contributed by atoms with Crippen LogP contribution in [-0.2, 0) is 10.8 Å². The van der Waals surface area contributed by atoms with Crippen molar-refractivity contribution in [1.82, 2.24) is 0 Å². The molecule has 0 bridgehead atoms. The first-order valence-electron chi connectivity index (χ1n) is 19.5. The minimum absolute atomic E-state index is 0.0492. The fourth-order valence-electron chi connectivity index (χ4n) is 8.73. The molecule has 0 amide bonds. The highest BCUT2D eigenvalue weighted by Gasteiger charge is 2.47. The van der Waals surface area contributed by atoms with Crippen molar-refractivity contribution in [3.05, 3.63) is 167 Å². The molecule has 0 unspecified atom stereocenters. The lowest BCUT2D eigenvalue weighted by molar-refractivity contribution is 0.590. The van der Waals surface area contributed by atoms with Gasteiger partial charge in [0.1, 0.15) is 0 Å². The molecule has 8 aromatic rings. The van der Waals surface area contributed by atoms with Crippen molar-refractivity contribution < 1.29 is 0 Å². The highest BCUT2D eigenvalue weighted by molar-refractivity contribution is 7.28. The number of hydrogen-bond acceptors (Lipinski definition) is 5. The van der Waals surface area contributed by atoms with E-state index < -0.39 is 0 Å². The van der Waals surface area contributed by atoms with E-state index in [2.05, 4.69) is 213 Å². The predicted octanol–water partition coefficient (Wildman–Crippen LogP) is 13.1. The van der Waals surface area contributed by atoms with Crippen molar-refractivity contribution in [3.63, 3.8) is 0 Å². The first-order chi connectivity index (χ1) is 27.1. The zero-order valence-electron chi connectivity index (χ0n) is 32.7. The van der Waals surface area contributed by atoms with Gasteiger partial charge in [-0.15, -0.1) is 11.3 Å². The molecule has 6 heteroatoms. The van der Waals surface area contributed by atoms with Gasteiger partial charge in [0.25, 0.3) is 6.71 Å². The molecule has 0 atom stereocenters. The Balaban J connectivity index is 1.36. The number of thiophene rings is 2. The number of nitrogens with zero attached hydrogens (tertiary/aromatic N) is 3. The molecule has 274 valence electrons. The topological polar surface area (TPSA) is 9.72 Å². The van der Waals surface area contributed by atoms with E-state index in [1.165, 1.54) is 65.4 Å². The molecule has 2 aliphatic rings. The third-order valence-electron chi connectivity index (χ3n) is 11.4. The molecular formula is C50H44BN3S2. The minimum Gasteiger partial charge on any atom is -0.310 e. The molecule has 3 nitrogen and oxygen atoms in total. The molecular weight excluding hydrogens is 718 g/mol. The zero-order valence-corrected chi connectivity index (χ0v) is 34.4. The molecule has 56 heavy (non-hydrogen) atoms. The van der Waals surface area contributed by atoms with Crippen LogP contribution in [0.4, 0.5) is 51.2 Å². The first-order valence-corrected chi connectivity index (χ1v) is 21.3. The van der Waals surface area contributed by atoms with Crippen molar-refractivity contribution in [1.29, 1.82) is 0 Å². The average Bonchev–Trinajstić information content (AvgIpc) is 3.87. The lowest BCUT2D eigenvalue weighted by atomic mass is 9.36. The number of hydrogen-bond donors (Lipinski definition) is 0. The third-order valence-corrected chi connectivity index (χ3v) is 13.4. The van der Waals surface area contributed by atoms with Gasteiger partial charge in [0.2, 0.25) is 0 Å². The highest BCUT2D eigenvalue weighted by atomic mass is 32.1. The van der Waals surface area contributed by atoms with Crippen LogP contribution in [-0.4, -0.2) is 6.71 Å². The molecule has 0 spiro atoms. The summed E-state index contributed by atoms with van der Waals surface area (Å²) in [4.78, 5) is 7.58. The quantitative estimate of drug-likeness (QED) is 0.162. The van der Waals surface area contributed by atoms with Crippen LogP contribution in [0.15, 0.2) is 156 Å². The number of fused-ring (bicyclic) bond motifs is 6. The Labute approximate surface area is 339 Å². The molecule has 10 rings (SSSR count). The van der Waals surface area contributed by atoms with E-state index in [-0.39, 0.29) is 17.5 Å². The van der Waals surface area contributed by atoms with Crippen LogP contribution in [0.5, 0.6) is 0 Å². The molecule has 6 aromatic carbocycles. The third kappa shape index (κ3) is 5.53. The van der Waals surface area contributed by atoms with Crippen LogP contribution >= 0.6 is 22.7 Å². The molecule has 2 aromatic heterocycles. The molecule has 4 heterocycles. The van der Waals surface area contributed by atoms with E-state index >= 15 is 0 Å². The maximum Gasteiger partial charge on any atom is 0.264 e. The van der Waals surface area contributed by atoms with Gasteiger partial charge in [0, 0.05) is 38.9 Å². The van der Waals surface area contributed by atoms with Crippen LogP contribution in [0.25, 0.3) is 10.1 Å². The summed E-state index contributed by atoms with van der Waals surface area (Å²) in [6, 6.07) is 53.9. The molecule has 0 N–H and O–H groups in total. The van der Waals surface area contributed by atoms with E-state index in [9.17, 15) is 0 Å². The van der Waals surface area contributed by atoms with Gasteiger partial charge in [-0.3, -0.25) is 0 Å². The van der Waals surface area contributed by atoms with Gasteiger partial charge >= 0.3 is 0 Å². The summed E-state index contributed by atoms with van der Waals surface area (Å²) in [5.41, 5.74) is 16.1. The van der Waals surface area contributed by atoms with E-state index in [0.717, 1.165) is 22.7 Å². The van der Waals surface area contributed by atoms with Gasteiger partial charge in [-0.2, -0.15) is 11.3 Å². The molecule has 0 aliphatic carbocycles. The first kappa shape index (κ1) is 34.9. The summed E-state index contributed by atoms with van der Waals surface area (Å²) < 4.78 is 2.73. The SMILES string of the molecule is CC(C)(C)c1ccc(N2c3cc(N(c4ccccc4)c4ccccc4)cc4c3B(c3ccc5ccsc5c3N4c3ccccc3)c3scc(C(C)(C)C)c32)cc1. The highest BCUT2D eigenvalue weighted by Crippen LogP contribution is 2.52. The van der Waals surface area contributed by atoms with Gasteiger partial charge < -0.3 is 14.7 Å². The number of para-hydroxylation sites is 3. The van der Waals surface area contributed by atoms with Gasteiger partial charge in [0.05, 0.1) is 21.8 Å². The second kappa shape index (κ2) is 13.0. The Morgan fingerprint density at radius 3 is 1.70 bits per heavy atom. The lowest BCUT2D eigenvalue weighted by Crippen LogP contribution is -2.60. The van der Waals surface area contributed by atoms with Gasteiger partial charge in [-0.1, -0.05) is 120 Å². The molecule has 0 radical (unpaired) electrons. The fourth-order valence-corrected chi connectivity index (χ4v) is 11.1.